The Hall–Kier alpha value is -3.93. The van der Waals surface area contributed by atoms with Gasteiger partial charge in [-0.1, -0.05) is 11.8 Å². The van der Waals surface area contributed by atoms with E-state index in [0.717, 1.165) is 11.8 Å². The second-order valence-electron chi connectivity index (χ2n) is 6.68. The summed E-state index contributed by atoms with van der Waals surface area (Å²) in [4.78, 5) is 23.8. The number of nitrogens with one attached hydrogen (secondary N) is 2. The summed E-state index contributed by atoms with van der Waals surface area (Å²) >= 11 is 1.12. The molecule has 33 heavy (non-hydrogen) atoms. The zero-order chi connectivity index (χ0) is 24.0. The fourth-order valence-electron chi connectivity index (χ4n) is 2.95. The van der Waals surface area contributed by atoms with Gasteiger partial charge >= 0.3 is 0 Å². The highest BCUT2D eigenvalue weighted by Crippen LogP contribution is 2.32. The number of hydrogen-bond acceptors (Lipinski definition) is 9. The van der Waals surface area contributed by atoms with Crippen molar-refractivity contribution in [3.05, 3.63) is 36.4 Å². The van der Waals surface area contributed by atoms with Crippen LogP contribution in [-0.2, 0) is 9.59 Å². The first-order valence-corrected chi connectivity index (χ1v) is 10.7. The molecule has 0 saturated carbocycles. The van der Waals surface area contributed by atoms with Crippen molar-refractivity contribution in [1.29, 1.82) is 0 Å². The van der Waals surface area contributed by atoms with Crippen molar-refractivity contribution >= 4 is 35.0 Å². The van der Waals surface area contributed by atoms with Gasteiger partial charge in [0.25, 0.3) is 0 Å². The van der Waals surface area contributed by atoms with Crippen LogP contribution in [0.15, 0.2) is 41.6 Å². The summed E-state index contributed by atoms with van der Waals surface area (Å²) in [6, 6.07) is 10.2. The molecule has 12 heteroatoms. The van der Waals surface area contributed by atoms with Gasteiger partial charge in [0, 0.05) is 18.2 Å². The Kier molecular flexibility index (Phi) is 7.61. The van der Waals surface area contributed by atoms with E-state index in [9.17, 15) is 9.59 Å². The number of aromatic nitrogens is 3. The molecule has 0 aliphatic rings. The van der Waals surface area contributed by atoms with E-state index < -0.39 is 0 Å². The Labute approximate surface area is 194 Å². The second-order valence-corrected chi connectivity index (χ2v) is 7.62. The molecule has 0 radical (unpaired) electrons. The number of benzene rings is 2. The highest BCUT2D eigenvalue weighted by molar-refractivity contribution is 7.99. The molecule has 0 atom stereocenters. The van der Waals surface area contributed by atoms with Gasteiger partial charge in [0.1, 0.15) is 5.75 Å². The van der Waals surface area contributed by atoms with Crippen molar-refractivity contribution in [1.82, 2.24) is 14.9 Å². The fraction of sp³-hybridized carbons (Fsp3) is 0.238. The highest BCUT2D eigenvalue weighted by Gasteiger charge is 2.17. The van der Waals surface area contributed by atoms with Crippen LogP contribution in [-0.4, -0.2) is 53.8 Å². The van der Waals surface area contributed by atoms with Crippen LogP contribution in [0.4, 0.5) is 11.4 Å². The molecular weight excluding hydrogens is 448 g/mol. The van der Waals surface area contributed by atoms with E-state index in [-0.39, 0.29) is 17.6 Å². The Morgan fingerprint density at radius 3 is 2.33 bits per heavy atom. The van der Waals surface area contributed by atoms with Crippen LogP contribution in [0.1, 0.15) is 6.92 Å². The van der Waals surface area contributed by atoms with Gasteiger partial charge in [0.05, 0.1) is 32.8 Å². The molecule has 4 N–H and O–H groups in total. The Bertz CT molecular complexity index is 1170. The number of nitrogens with two attached hydrogens (primary N) is 1. The summed E-state index contributed by atoms with van der Waals surface area (Å²) in [5.74, 6) is 7.62. The molecule has 0 bridgehead atoms. The van der Waals surface area contributed by atoms with Crippen molar-refractivity contribution in [2.24, 2.45) is 0 Å². The number of ether oxygens (including phenoxy) is 3. The molecule has 1 aromatic heterocycles. The van der Waals surface area contributed by atoms with Crippen molar-refractivity contribution in [2.45, 2.75) is 12.1 Å². The molecular formula is C21H24N6O5S. The minimum Gasteiger partial charge on any atom is -0.495 e. The predicted molar refractivity (Wildman–Crippen MR) is 125 cm³/mol. The highest BCUT2D eigenvalue weighted by atomic mass is 32.2. The van der Waals surface area contributed by atoms with Crippen molar-refractivity contribution in [3.63, 3.8) is 0 Å². The normalized spacial score (nSPS) is 10.4. The summed E-state index contributed by atoms with van der Waals surface area (Å²) < 4.78 is 17.1. The van der Waals surface area contributed by atoms with Crippen molar-refractivity contribution < 1.29 is 23.8 Å². The molecule has 2 aromatic carbocycles. The van der Waals surface area contributed by atoms with Crippen LogP contribution in [0.3, 0.4) is 0 Å². The first kappa shape index (κ1) is 23.7. The number of thioether (sulfide) groups is 1. The summed E-state index contributed by atoms with van der Waals surface area (Å²) in [7, 11) is 4.58. The second kappa shape index (κ2) is 10.6. The number of amides is 2. The number of nitrogens with zero attached hydrogens (tertiary/aromatic N) is 3. The third-order valence-corrected chi connectivity index (χ3v) is 5.38. The molecule has 0 fully saturated rings. The van der Waals surface area contributed by atoms with E-state index in [2.05, 4.69) is 20.8 Å². The fourth-order valence-corrected chi connectivity index (χ4v) is 3.61. The lowest BCUT2D eigenvalue weighted by molar-refractivity contribution is -0.114. The topological polar surface area (TPSA) is 143 Å². The zero-order valence-electron chi connectivity index (χ0n) is 18.5. The summed E-state index contributed by atoms with van der Waals surface area (Å²) in [5, 5.41) is 14.0. The standard InChI is InChI=1S/C21H24N6O5S/c1-12(28)23-14-6-8-16(30-2)15(10-14)24-19(29)11-33-21-26-25-20(27(21)22)13-5-7-17(31-3)18(9-13)32-4/h5-10H,11,22H2,1-4H3,(H,23,28)(H,24,29). The molecule has 11 nitrogen and oxygen atoms in total. The molecule has 0 unspecified atom stereocenters. The van der Waals surface area contributed by atoms with Crippen LogP contribution in [0.5, 0.6) is 17.2 Å². The zero-order valence-corrected chi connectivity index (χ0v) is 19.4. The summed E-state index contributed by atoms with van der Waals surface area (Å²) in [6.07, 6.45) is 0. The van der Waals surface area contributed by atoms with Crippen molar-refractivity contribution in [2.75, 3.05) is 43.6 Å². The van der Waals surface area contributed by atoms with Gasteiger partial charge in [-0.05, 0) is 36.4 Å². The molecule has 0 saturated heterocycles. The van der Waals surface area contributed by atoms with Crippen LogP contribution < -0.4 is 30.7 Å². The quantitative estimate of drug-likeness (QED) is 0.316. The number of carbonyl (C=O) groups is 2. The van der Waals surface area contributed by atoms with Gasteiger partial charge in [-0.3, -0.25) is 9.59 Å². The average Bonchev–Trinajstić information content (AvgIpc) is 3.17. The maximum absolute atomic E-state index is 12.5. The van der Waals surface area contributed by atoms with Crippen molar-refractivity contribution in [3.8, 4) is 28.6 Å². The largest absolute Gasteiger partial charge is 0.495 e. The smallest absolute Gasteiger partial charge is 0.234 e. The Morgan fingerprint density at radius 1 is 0.970 bits per heavy atom. The third-order valence-electron chi connectivity index (χ3n) is 4.43. The molecule has 3 aromatic rings. The number of rotatable bonds is 9. The number of carbonyl (C=O) groups excluding carboxylic acids is 2. The van der Waals surface area contributed by atoms with E-state index >= 15 is 0 Å². The lowest BCUT2D eigenvalue weighted by atomic mass is 10.2. The Morgan fingerprint density at radius 2 is 1.67 bits per heavy atom. The maximum atomic E-state index is 12.5. The van der Waals surface area contributed by atoms with Crippen LogP contribution >= 0.6 is 11.8 Å². The Balaban J connectivity index is 1.70. The van der Waals surface area contributed by atoms with Gasteiger partial charge in [0.2, 0.25) is 17.0 Å². The van der Waals surface area contributed by atoms with Gasteiger partial charge in [-0.15, -0.1) is 10.2 Å². The molecule has 3 rings (SSSR count). The number of nitrogen functional groups attached to an aromatic ring is 1. The maximum Gasteiger partial charge on any atom is 0.234 e. The molecule has 1 heterocycles. The van der Waals surface area contributed by atoms with Crippen LogP contribution in [0.25, 0.3) is 11.4 Å². The third kappa shape index (κ3) is 5.66. The van der Waals surface area contributed by atoms with Crippen LogP contribution in [0.2, 0.25) is 0 Å². The van der Waals surface area contributed by atoms with E-state index in [1.807, 2.05) is 0 Å². The van der Waals surface area contributed by atoms with Crippen LogP contribution in [0, 0.1) is 0 Å². The average molecular weight is 473 g/mol. The predicted octanol–water partition coefficient (Wildman–Crippen LogP) is 2.37. The molecule has 0 aliphatic carbocycles. The first-order chi connectivity index (χ1) is 15.9. The van der Waals surface area contributed by atoms with E-state index in [4.69, 9.17) is 20.1 Å². The number of anilines is 2. The minimum atomic E-state index is -0.311. The van der Waals surface area contributed by atoms with E-state index in [1.54, 1.807) is 43.5 Å². The minimum absolute atomic E-state index is 0.0226. The van der Waals surface area contributed by atoms with E-state index in [0.29, 0.717) is 45.2 Å². The van der Waals surface area contributed by atoms with Gasteiger partial charge in [0.15, 0.2) is 17.3 Å². The summed E-state index contributed by atoms with van der Waals surface area (Å²) in [6.45, 7) is 1.40. The van der Waals surface area contributed by atoms with E-state index in [1.165, 1.54) is 25.8 Å². The molecule has 0 spiro atoms. The monoisotopic (exact) mass is 472 g/mol. The molecule has 0 aliphatic heterocycles. The lowest BCUT2D eigenvalue weighted by Gasteiger charge is -2.12. The molecule has 2 amide bonds. The molecule has 174 valence electrons. The summed E-state index contributed by atoms with van der Waals surface area (Å²) in [5.41, 5.74) is 1.64. The first-order valence-electron chi connectivity index (χ1n) is 9.67. The SMILES string of the molecule is COc1ccc(NC(C)=O)cc1NC(=O)CSc1nnc(-c2ccc(OC)c(OC)c2)n1N. The van der Waals surface area contributed by atoms with Gasteiger partial charge in [-0.2, -0.15) is 0 Å². The number of methoxy groups -OCH3 is 3. The number of hydrogen-bond donors (Lipinski definition) is 3. The van der Waals surface area contributed by atoms with Gasteiger partial charge < -0.3 is 30.7 Å². The van der Waals surface area contributed by atoms with Gasteiger partial charge in [-0.25, -0.2) is 4.68 Å². The lowest BCUT2D eigenvalue weighted by Crippen LogP contribution is -2.17.